The van der Waals surface area contributed by atoms with E-state index in [0.717, 1.165) is 11.1 Å². The van der Waals surface area contributed by atoms with E-state index in [1.165, 1.54) is 6.07 Å². The van der Waals surface area contributed by atoms with Gasteiger partial charge in [-0.15, -0.1) is 0 Å². The van der Waals surface area contributed by atoms with Crippen molar-refractivity contribution in [3.05, 3.63) is 81.6 Å². The Balaban J connectivity index is 1.92. The van der Waals surface area contributed by atoms with Crippen molar-refractivity contribution in [3.8, 4) is 22.6 Å². The van der Waals surface area contributed by atoms with E-state index in [2.05, 4.69) is 15.9 Å². The second-order valence-electron chi connectivity index (χ2n) is 8.20. The average Bonchev–Trinajstić information content (AvgIpc) is 2.79. The van der Waals surface area contributed by atoms with Crippen molar-refractivity contribution in [3.63, 3.8) is 0 Å². The molecule has 0 fully saturated rings. The first-order valence-corrected chi connectivity index (χ1v) is 12.0. The fraction of sp³-hybridized carbons (Fsp3) is 0.259. The van der Waals surface area contributed by atoms with Crippen LogP contribution in [0.5, 0.6) is 11.5 Å². The Morgan fingerprint density at radius 2 is 1.43 bits per heavy atom. The molecule has 0 aliphatic rings. The Morgan fingerprint density at radius 3 is 2.03 bits per heavy atom. The number of aromatic hydroxyl groups is 1. The lowest BCUT2D eigenvalue weighted by atomic mass is 9.96. The Morgan fingerprint density at radius 1 is 0.829 bits per heavy atom. The van der Waals surface area contributed by atoms with Gasteiger partial charge in [-0.1, -0.05) is 34.1 Å². The Kier molecular flexibility index (Phi) is 9.25. The molecular formula is C27H26BrFO6. The van der Waals surface area contributed by atoms with Crippen LogP contribution >= 0.6 is 15.9 Å². The van der Waals surface area contributed by atoms with E-state index in [-0.39, 0.29) is 25.2 Å². The quantitative estimate of drug-likeness (QED) is 0.245. The lowest BCUT2D eigenvalue weighted by molar-refractivity contribution is -0.138. The monoisotopic (exact) mass is 544 g/mol. The van der Waals surface area contributed by atoms with Crippen LogP contribution in [0.1, 0.15) is 42.4 Å². The summed E-state index contributed by atoms with van der Waals surface area (Å²) in [6, 6.07) is 15.2. The zero-order chi connectivity index (χ0) is 25.4. The molecule has 0 unspecified atom stereocenters. The molecule has 8 heteroatoms. The topological polar surface area (TPSA) is 104 Å². The highest BCUT2D eigenvalue weighted by molar-refractivity contribution is 9.10. The van der Waals surface area contributed by atoms with E-state index in [1.807, 2.05) is 12.1 Å². The number of aryl methyl sites for hydroxylation is 2. The number of hydrogen-bond acceptors (Lipinski definition) is 4. The fourth-order valence-corrected chi connectivity index (χ4v) is 4.04. The van der Waals surface area contributed by atoms with Gasteiger partial charge in [0.2, 0.25) is 0 Å². The van der Waals surface area contributed by atoms with E-state index in [4.69, 9.17) is 14.9 Å². The van der Waals surface area contributed by atoms with E-state index in [9.17, 15) is 19.1 Å². The van der Waals surface area contributed by atoms with Gasteiger partial charge in [0.15, 0.2) is 0 Å². The number of carboxylic acids is 2. The first kappa shape index (κ1) is 26.2. The predicted molar refractivity (Wildman–Crippen MR) is 133 cm³/mol. The number of halogens is 2. The number of phenolic OH excluding ortho intramolecular Hbond substituents is 1. The number of carboxylic acid groups (broad SMARTS) is 2. The van der Waals surface area contributed by atoms with Crippen LogP contribution in [0.25, 0.3) is 11.1 Å². The number of phenols is 1. The number of rotatable bonds is 12. The molecule has 0 aromatic heterocycles. The molecule has 3 aromatic rings. The van der Waals surface area contributed by atoms with Gasteiger partial charge >= 0.3 is 11.9 Å². The van der Waals surface area contributed by atoms with Crippen molar-refractivity contribution in [2.75, 3.05) is 0 Å². The molecule has 0 heterocycles. The van der Waals surface area contributed by atoms with Crippen molar-refractivity contribution in [1.82, 2.24) is 0 Å². The molecule has 35 heavy (non-hydrogen) atoms. The van der Waals surface area contributed by atoms with Gasteiger partial charge in [0.05, 0.1) is 0 Å². The largest absolute Gasteiger partial charge is 0.507 e. The van der Waals surface area contributed by atoms with Gasteiger partial charge in [0, 0.05) is 34.0 Å². The zero-order valence-corrected chi connectivity index (χ0v) is 20.6. The lowest BCUT2D eigenvalue weighted by Gasteiger charge is -2.16. The maximum Gasteiger partial charge on any atom is 0.303 e. The smallest absolute Gasteiger partial charge is 0.303 e. The van der Waals surface area contributed by atoms with Crippen molar-refractivity contribution in [2.45, 2.75) is 45.1 Å². The van der Waals surface area contributed by atoms with E-state index in [0.29, 0.717) is 52.6 Å². The van der Waals surface area contributed by atoms with Crippen LogP contribution in [0.3, 0.4) is 0 Å². The first-order chi connectivity index (χ1) is 16.7. The second-order valence-corrected chi connectivity index (χ2v) is 9.12. The SMILES string of the molecule is O=C(O)CCCc1ccc(O)c(-c2cc(CCCC(=O)O)ccc2OCc2ccc(Br)cc2F)c1. The van der Waals surface area contributed by atoms with Gasteiger partial charge in [0.25, 0.3) is 0 Å². The number of hydrogen-bond donors (Lipinski definition) is 3. The summed E-state index contributed by atoms with van der Waals surface area (Å²) in [6.45, 7) is -0.0243. The van der Waals surface area contributed by atoms with Crippen molar-refractivity contribution >= 4 is 27.9 Å². The van der Waals surface area contributed by atoms with Crippen LogP contribution in [0.15, 0.2) is 59.1 Å². The predicted octanol–water partition coefficient (Wildman–Crippen LogP) is 6.35. The molecule has 0 bridgehead atoms. The van der Waals surface area contributed by atoms with Crippen LogP contribution in [-0.2, 0) is 29.0 Å². The van der Waals surface area contributed by atoms with Crippen molar-refractivity contribution in [2.24, 2.45) is 0 Å². The van der Waals surface area contributed by atoms with Crippen LogP contribution in [0.4, 0.5) is 4.39 Å². The fourth-order valence-electron chi connectivity index (χ4n) is 3.71. The molecule has 6 nitrogen and oxygen atoms in total. The highest BCUT2D eigenvalue weighted by atomic mass is 79.9. The maximum absolute atomic E-state index is 14.3. The molecule has 0 radical (unpaired) electrons. The Hall–Kier alpha value is -3.39. The third kappa shape index (κ3) is 7.82. The molecule has 0 aliphatic carbocycles. The summed E-state index contributed by atoms with van der Waals surface area (Å²) in [7, 11) is 0. The summed E-state index contributed by atoms with van der Waals surface area (Å²) in [6.07, 6.45) is 2.06. The van der Waals surface area contributed by atoms with Crippen LogP contribution in [-0.4, -0.2) is 27.3 Å². The second kappa shape index (κ2) is 12.4. The average molecular weight is 545 g/mol. The summed E-state index contributed by atoms with van der Waals surface area (Å²) < 4.78 is 20.9. The lowest BCUT2D eigenvalue weighted by Crippen LogP contribution is -2.01. The van der Waals surface area contributed by atoms with Gasteiger partial charge in [-0.05, 0) is 73.2 Å². The van der Waals surface area contributed by atoms with Gasteiger partial charge in [-0.25, -0.2) is 4.39 Å². The highest BCUT2D eigenvalue weighted by Gasteiger charge is 2.15. The van der Waals surface area contributed by atoms with Crippen LogP contribution in [0.2, 0.25) is 0 Å². The molecule has 0 saturated carbocycles. The molecule has 0 amide bonds. The molecule has 3 N–H and O–H groups in total. The molecular weight excluding hydrogens is 519 g/mol. The van der Waals surface area contributed by atoms with Crippen LogP contribution < -0.4 is 4.74 Å². The summed E-state index contributed by atoms with van der Waals surface area (Å²) in [5.41, 5.74) is 3.20. The molecule has 0 saturated heterocycles. The summed E-state index contributed by atoms with van der Waals surface area (Å²) >= 11 is 3.23. The third-order valence-electron chi connectivity index (χ3n) is 5.51. The minimum Gasteiger partial charge on any atom is -0.507 e. The maximum atomic E-state index is 14.3. The number of aliphatic carboxylic acids is 2. The normalized spacial score (nSPS) is 10.8. The Bertz CT molecular complexity index is 1210. The number of ether oxygens (including phenoxy) is 1. The zero-order valence-electron chi connectivity index (χ0n) is 19.0. The number of benzene rings is 3. The summed E-state index contributed by atoms with van der Waals surface area (Å²) in [5.74, 6) is -1.68. The molecule has 3 rings (SSSR count). The Labute approximate surface area is 211 Å². The van der Waals surface area contributed by atoms with E-state index >= 15 is 0 Å². The van der Waals surface area contributed by atoms with Crippen LogP contribution in [0, 0.1) is 5.82 Å². The molecule has 0 aliphatic heterocycles. The van der Waals surface area contributed by atoms with Crippen molar-refractivity contribution < 1.29 is 34.0 Å². The van der Waals surface area contributed by atoms with Crippen molar-refractivity contribution in [1.29, 1.82) is 0 Å². The minimum absolute atomic E-state index is 0.0225. The van der Waals surface area contributed by atoms with Gasteiger partial charge in [0.1, 0.15) is 23.9 Å². The minimum atomic E-state index is -0.867. The van der Waals surface area contributed by atoms with E-state index in [1.54, 1.807) is 36.4 Å². The molecule has 184 valence electrons. The summed E-state index contributed by atoms with van der Waals surface area (Å²) in [5, 5.41) is 28.5. The van der Waals surface area contributed by atoms with Gasteiger partial charge < -0.3 is 20.1 Å². The standard InChI is InChI=1S/C27H26BrFO6/c28-20-10-9-19(23(29)15-20)16-35-25-12-8-18(4-2-6-27(33)34)14-22(25)21-13-17(7-11-24(21)30)3-1-5-26(31)32/h7-15,30H,1-6,16H2,(H,31,32)(H,33,34). The van der Waals surface area contributed by atoms with E-state index < -0.39 is 17.8 Å². The first-order valence-electron chi connectivity index (χ1n) is 11.2. The van der Waals surface area contributed by atoms with Gasteiger partial charge in [-0.3, -0.25) is 9.59 Å². The molecule has 0 atom stereocenters. The summed E-state index contributed by atoms with van der Waals surface area (Å²) in [4.78, 5) is 21.7. The molecule has 3 aromatic carbocycles. The number of carbonyl (C=O) groups is 2. The highest BCUT2D eigenvalue weighted by Crippen LogP contribution is 2.38. The van der Waals surface area contributed by atoms with Gasteiger partial charge in [-0.2, -0.15) is 0 Å². The molecule has 0 spiro atoms. The third-order valence-corrected chi connectivity index (χ3v) is 6.00.